The summed E-state index contributed by atoms with van der Waals surface area (Å²) < 4.78 is 5.40. The van der Waals surface area contributed by atoms with E-state index in [2.05, 4.69) is 15.3 Å². The lowest BCUT2D eigenvalue weighted by molar-refractivity contribution is -0.137. The quantitative estimate of drug-likeness (QED) is 0.752. The molecule has 19 heavy (non-hydrogen) atoms. The van der Waals surface area contributed by atoms with Gasteiger partial charge in [0, 0.05) is 12.0 Å². The van der Waals surface area contributed by atoms with Crippen molar-refractivity contribution < 1.29 is 14.6 Å². The first-order chi connectivity index (χ1) is 8.93. The molecule has 1 aromatic heterocycles. The zero-order valence-corrected chi connectivity index (χ0v) is 11.6. The topological polar surface area (TPSA) is 84.3 Å². The molecule has 0 saturated heterocycles. The van der Waals surface area contributed by atoms with Gasteiger partial charge in [0.2, 0.25) is 5.88 Å². The van der Waals surface area contributed by atoms with E-state index in [1.54, 1.807) is 12.4 Å². The van der Waals surface area contributed by atoms with E-state index in [0.717, 1.165) is 6.42 Å². The lowest BCUT2D eigenvalue weighted by Gasteiger charge is -2.26. The number of nitrogens with one attached hydrogen (secondary N) is 1. The molecule has 1 rings (SSSR count). The molecule has 0 aliphatic rings. The van der Waals surface area contributed by atoms with E-state index in [-0.39, 0.29) is 12.0 Å². The molecule has 1 aromatic rings. The normalized spacial score (nSPS) is 11.1. The first-order valence-corrected chi connectivity index (χ1v) is 6.38. The number of aliphatic carboxylic acids is 1. The average Bonchev–Trinajstić information content (AvgIpc) is 2.34. The third-order valence-electron chi connectivity index (χ3n) is 2.50. The minimum absolute atomic E-state index is 0.111. The maximum atomic E-state index is 10.6. The van der Waals surface area contributed by atoms with E-state index in [1.807, 2.05) is 20.8 Å². The molecule has 0 amide bonds. The fourth-order valence-corrected chi connectivity index (χ4v) is 1.51. The Hall–Kier alpha value is -1.85. The van der Waals surface area contributed by atoms with E-state index in [0.29, 0.717) is 24.7 Å². The van der Waals surface area contributed by atoms with Crippen molar-refractivity contribution in [1.82, 2.24) is 9.97 Å². The Morgan fingerprint density at radius 2 is 2.21 bits per heavy atom. The van der Waals surface area contributed by atoms with Crippen molar-refractivity contribution in [3.63, 3.8) is 0 Å². The average molecular weight is 267 g/mol. The molecule has 0 aromatic carbocycles. The first-order valence-electron chi connectivity index (χ1n) is 6.38. The van der Waals surface area contributed by atoms with Crippen LogP contribution in [0.25, 0.3) is 0 Å². The van der Waals surface area contributed by atoms with Crippen LogP contribution < -0.4 is 10.1 Å². The highest BCUT2D eigenvalue weighted by Gasteiger charge is 2.19. The summed E-state index contributed by atoms with van der Waals surface area (Å²) in [5, 5.41) is 11.9. The molecule has 2 N–H and O–H groups in total. The fourth-order valence-electron chi connectivity index (χ4n) is 1.51. The van der Waals surface area contributed by atoms with Crippen molar-refractivity contribution in [3.05, 3.63) is 12.4 Å². The van der Waals surface area contributed by atoms with Crippen LogP contribution in [0.4, 0.5) is 5.82 Å². The number of carboxylic acid groups (broad SMARTS) is 1. The summed E-state index contributed by atoms with van der Waals surface area (Å²) in [5.74, 6) is 0.255. The van der Waals surface area contributed by atoms with Gasteiger partial charge in [0.15, 0.2) is 0 Å². The molecule has 0 aliphatic heterocycles. The van der Waals surface area contributed by atoms with Crippen LogP contribution in [0.5, 0.6) is 5.88 Å². The van der Waals surface area contributed by atoms with Crippen molar-refractivity contribution in [2.75, 3.05) is 11.9 Å². The minimum Gasteiger partial charge on any atom is -0.481 e. The molecule has 0 atom stereocenters. The summed E-state index contributed by atoms with van der Waals surface area (Å²) in [6.07, 6.45) is 4.68. The van der Waals surface area contributed by atoms with Gasteiger partial charge in [0.05, 0.1) is 19.0 Å². The minimum atomic E-state index is -0.805. The van der Waals surface area contributed by atoms with Crippen molar-refractivity contribution in [3.8, 4) is 5.88 Å². The van der Waals surface area contributed by atoms with Crippen LogP contribution in [0.3, 0.4) is 0 Å². The predicted molar refractivity (Wildman–Crippen MR) is 72.4 cm³/mol. The zero-order valence-electron chi connectivity index (χ0n) is 11.6. The van der Waals surface area contributed by atoms with Crippen LogP contribution in [-0.4, -0.2) is 33.2 Å². The van der Waals surface area contributed by atoms with Gasteiger partial charge in [-0.3, -0.25) is 9.78 Å². The number of hydrogen-bond donors (Lipinski definition) is 2. The zero-order chi connectivity index (χ0) is 14.3. The van der Waals surface area contributed by atoms with Gasteiger partial charge in [-0.15, -0.1) is 0 Å². The van der Waals surface area contributed by atoms with Crippen LogP contribution in [0.1, 0.15) is 40.0 Å². The fraction of sp³-hybridized carbons (Fsp3) is 0.615. The smallest absolute Gasteiger partial charge is 0.303 e. The second-order valence-electron chi connectivity index (χ2n) is 4.99. The van der Waals surface area contributed by atoms with E-state index in [4.69, 9.17) is 9.84 Å². The van der Waals surface area contributed by atoms with Gasteiger partial charge in [0.1, 0.15) is 5.82 Å². The summed E-state index contributed by atoms with van der Waals surface area (Å²) >= 11 is 0. The Morgan fingerprint density at radius 3 is 2.84 bits per heavy atom. The molecule has 0 aliphatic carbocycles. The molecule has 6 heteroatoms. The lowest BCUT2D eigenvalue weighted by Crippen LogP contribution is -2.32. The third kappa shape index (κ3) is 6.03. The van der Waals surface area contributed by atoms with Crippen molar-refractivity contribution >= 4 is 11.8 Å². The van der Waals surface area contributed by atoms with Crippen LogP contribution in [-0.2, 0) is 4.79 Å². The number of ether oxygens (including phenoxy) is 1. The molecule has 1 heterocycles. The summed E-state index contributed by atoms with van der Waals surface area (Å²) in [4.78, 5) is 18.9. The molecule has 0 fully saturated rings. The van der Waals surface area contributed by atoms with E-state index in [1.165, 1.54) is 0 Å². The van der Waals surface area contributed by atoms with Crippen molar-refractivity contribution in [2.45, 2.75) is 45.6 Å². The standard InChI is InChI=1S/C13H21N3O3/c1-4-7-19-11-9-14-8-10(15-11)16-13(2,3)6-5-12(17)18/h8-9H,4-7H2,1-3H3,(H,15,16)(H,17,18). The number of anilines is 1. The van der Waals surface area contributed by atoms with Gasteiger partial charge in [-0.05, 0) is 26.7 Å². The highest BCUT2D eigenvalue weighted by Crippen LogP contribution is 2.19. The summed E-state index contributed by atoms with van der Waals surface area (Å²) in [5.41, 5.74) is -0.365. The van der Waals surface area contributed by atoms with Crippen molar-refractivity contribution in [1.29, 1.82) is 0 Å². The van der Waals surface area contributed by atoms with Gasteiger partial charge in [-0.25, -0.2) is 0 Å². The van der Waals surface area contributed by atoms with Gasteiger partial charge in [-0.1, -0.05) is 6.92 Å². The number of hydrogen-bond acceptors (Lipinski definition) is 5. The number of carboxylic acids is 1. The van der Waals surface area contributed by atoms with Gasteiger partial charge >= 0.3 is 5.97 Å². The summed E-state index contributed by atoms with van der Waals surface area (Å²) in [6.45, 7) is 6.47. The van der Waals surface area contributed by atoms with Gasteiger partial charge < -0.3 is 15.2 Å². The van der Waals surface area contributed by atoms with E-state index >= 15 is 0 Å². The largest absolute Gasteiger partial charge is 0.481 e. The molecular formula is C13H21N3O3. The monoisotopic (exact) mass is 267 g/mol. The summed E-state index contributed by atoms with van der Waals surface area (Å²) in [6, 6.07) is 0. The van der Waals surface area contributed by atoms with Gasteiger partial charge in [-0.2, -0.15) is 4.98 Å². The SMILES string of the molecule is CCCOc1cncc(NC(C)(C)CCC(=O)O)n1. The molecule has 0 unspecified atom stereocenters. The maximum absolute atomic E-state index is 10.6. The number of rotatable bonds is 8. The molecule has 0 bridgehead atoms. The predicted octanol–water partition coefficient (Wildman–Crippen LogP) is 2.32. The van der Waals surface area contributed by atoms with Crippen molar-refractivity contribution in [2.24, 2.45) is 0 Å². The Bertz CT molecular complexity index is 421. The second-order valence-corrected chi connectivity index (χ2v) is 4.99. The number of nitrogens with zero attached hydrogens (tertiary/aromatic N) is 2. The van der Waals surface area contributed by atoms with Gasteiger partial charge in [0.25, 0.3) is 0 Å². The van der Waals surface area contributed by atoms with Crippen LogP contribution in [0.2, 0.25) is 0 Å². The Balaban J connectivity index is 2.62. The Kier molecular flexibility index (Phi) is 5.54. The number of aromatic nitrogens is 2. The molecule has 0 spiro atoms. The summed E-state index contributed by atoms with van der Waals surface area (Å²) in [7, 11) is 0. The highest BCUT2D eigenvalue weighted by atomic mass is 16.5. The number of carbonyl (C=O) groups is 1. The van der Waals surface area contributed by atoms with Crippen LogP contribution in [0.15, 0.2) is 12.4 Å². The molecule has 0 radical (unpaired) electrons. The molecule has 0 saturated carbocycles. The van der Waals surface area contributed by atoms with Crippen LogP contribution >= 0.6 is 0 Å². The molecular weight excluding hydrogens is 246 g/mol. The Morgan fingerprint density at radius 1 is 1.47 bits per heavy atom. The first kappa shape index (κ1) is 15.2. The second kappa shape index (κ2) is 6.92. The lowest BCUT2D eigenvalue weighted by atomic mass is 9.98. The third-order valence-corrected chi connectivity index (χ3v) is 2.50. The Labute approximate surface area is 113 Å². The van der Waals surface area contributed by atoms with E-state index < -0.39 is 5.97 Å². The molecule has 106 valence electrons. The van der Waals surface area contributed by atoms with Crippen LogP contribution in [0, 0.1) is 0 Å². The maximum Gasteiger partial charge on any atom is 0.303 e. The van der Waals surface area contributed by atoms with E-state index in [9.17, 15) is 4.79 Å². The highest BCUT2D eigenvalue weighted by molar-refractivity contribution is 5.66. The molecule has 6 nitrogen and oxygen atoms in total.